The molecule has 4 N–H and O–H groups in total. The van der Waals surface area contributed by atoms with Crippen molar-refractivity contribution in [3.8, 4) is 0 Å². The highest BCUT2D eigenvalue weighted by molar-refractivity contribution is 6.30. The van der Waals surface area contributed by atoms with Crippen LogP contribution in [0.1, 0.15) is 15.9 Å². The Hall–Kier alpha value is -2.53. The van der Waals surface area contributed by atoms with Crippen LogP contribution in [0.15, 0.2) is 48.5 Å². The first kappa shape index (κ1) is 14.9. The smallest absolute Gasteiger partial charge is 0.316 e. The van der Waals surface area contributed by atoms with Crippen molar-refractivity contribution in [2.45, 2.75) is 6.54 Å². The van der Waals surface area contributed by atoms with E-state index in [0.29, 0.717) is 22.8 Å². The van der Waals surface area contributed by atoms with Crippen LogP contribution in [0.4, 0.5) is 10.5 Å². The van der Waals surface area contributed by atoms with Crippen molar-refractivity contribution >= 4 is 29.2 Å². The first-order chi connectivity index (χ1) is 10.0. The average Bonchev–Trinajstić information content (AvgIpc) is 2.45. The molecule has 0 saturated carbocycles. The molecule has 108 valence electrons. The lowest BCUT2D eigenvalue weighted by Crippen LogP contribution is -2.23. The summed E-state index contributed by atoms with van der Waals surface area (Å²) in [5.74, 6) is -0.208. The molecule has 0 spiro atoms. The number of primary amides is 1. The van der Waals surface area contributed by atoms with Crippen LogP contribution in [-0.4, -0.2) is 11.9 Å². The van der Waals surface area contributed by atoms with Crippen molar-refractivity contribution in [2.75, 3.05) is 5.32 Å². The molecule has 21 heavy (non-hydrogen) atoms. The van der Waals surface area contributed by atoms with E-state index >= 15 is 0 Å². The Morgan fingerprint density at radius 2 is 1.81 bits per heavy atom. The molecule has 0 unspecified atom stereocenters. The van der Waals surface area contributed by atoms with Crippen molar-refractivity contribution < 1.29 is 9.59 Å². The number of amides is 3. The van der Waals surface area contributed by atoms with E-state index < -0.39 is 6.03 Å². The Kier molecular flexibility index (Phi) is 4.79. The Morgan fingerprint density at radius 3 is 2.43 bits per heavy atom. The largest absolute Gasteiger partial charge is 0.351 e. The van der Waals surface area contributed by atoms with Crippen LogP contribution in [0.25, 0.3) is 0 Å². The minimum atomic E-state index is -0.645. The topological polar surface area (TPSA) is 84.2 Å². The van der Waals surface area contributed by atoms with Gasteiger partial charge in [-0.3, -0.25) is 4.79 Å². The quantitative estimate of drug-likeness (QED) is 0.811. The maximum atomic E-state index is 12.0. The Bertz CT molecular complexity index is 656. The molecule has 0 saturated heterocycles. The van der Waals surface area contributed by atoms with Gasteiger partial charge in [0.25, 0.3) is 5.91 Å². The van der Waals surface area contributed by atoms with Crippen LogP contribution in [-0.2, 0) is 6.54 Å². The monoisotopic (exact) mass is 303 g/mol. The van der Waals surface area contributed by atoms with Gasteiger partial charge in [-0.05, 0) is 42.0 Å². The van der Waals surface area contributed by atoms with Crippen LogP contribution in [0, 0.1) is 0 Å². The molecule has 0 radical (unpaired) electrons. The number of nitrogens with two attached hydrogens (primary N) is 1. The molecule has 0 aromatic heterocycles. The van der Waals surface area contributed by atoms with Gasteiger partial charge < -0.3 is 16.4 Å². The lowest BCUT2D eigenvalue weighted by molar-refractivity contribution is 0.0951. The number of hydrogen-bond donors (Lipinski definition) is 3. The molecular formula is C15H14ClN3O2. The second-order valence-electron chi connectivity index (χ2n) is 4.38. The molecule has 0 aliphatic carbocycles. The first-order valence-corrected chi connectivity index (χ1v) is 6.61. The highest BCUT2D eigenvalue weighted by atomic mass is 35.5. The van der Waals surface area contributed by atoms with Gasteiger partial charge in [-0.25, -0.2) is 4.79 Å². The van der Waals surface area contributed by atoms with Gasteiger partial charge in [-0.15, -0.1) is 0 Å². The molecule has 5 nitrogen and oxygen atoms in total. The summed E-state index contributed by atoms with van der Waals surface area (Å²) >= 11 is 5.88. The molecule has 0 heterocycles. The van der Waals surface area contributed by atoms with Gasteiger partial charge in [-0.2, -0.15) is 0 Å². The zero-order valence-electron chi connectivity index (χ0n) is 11.1. The number of rotatable bonds is 4. The first-order valence-electron chi connectivity index (χ1n) is 6.24. The number of anilines is 1. The summed E-state index contributed by atoms with van der Waals surface area (Å²) in [5, 5.41) is 5.85. The van der Waals surface area contributed by atoms with E-state index in [2.05, 4.69) is 10.6 Å². The van der Waals surface area contributed by atoms with Crippen LogP contribution < -0.4 is 16.4 Å². The molecular weight excluding hydrogens is 290 g/mol. The SMILES string of the molecule is NC(=O)Nc1ccc(C(=O)NCc2cccc(Cl)c2)cc1. The normalized spacial score (nSPS) is 9.95. The Morgan fingerprint density at radius 1 is 1.10 bits per heavy atom. The zero-order chi connectivity index (χ0) is 15.2. The molecule has 2 rings (SSSR count). The molecule has 0 aliphatic heterocycles. The standard InChI is InChI=1S/C15H14ClN3O2/c16-12-3-1-2-10(8-12)9-18-14(20)11-4-6-13(7-5-11)19-15(17)21/h1-8H,9H2,(H,18,20)(H3,17,19,21). The fraction of sp³-hybridized carbons (Fsp3) is 0.0667. The van der Waals surface area contributed by atoms with E-state index in [1.54, 1.807) is 36.4 Å². The maximum absolute atomic E-state index is 12.0. The van der Waals surface area contributed by atoms with E-state index in [1.807, 2.05) is 12.1 Å². The van der Waals surface area contributed by atoms with E-state index in [-0.39, 0.29) is 5.91 Å². The van der Waals surface area contributed by atoms with Gasteiger partial charge in [0.05, 0.1) is 0 Å². The second kappa shape index (κ2) is 6.76. The number of halogens is 1. The molecule has 0 aliphatic rings. The van der Waals surface area contributed by atoms with Gasteiger partial charge in [-0.1, -0.05) is 23.7 Å². The third-order valence-corrected chi connectivity index (χ3v) is 2.99. The van der Waals surface area contributed by atoms with Gasteiger partial charge in [0, 0.05) is 22.8 Å². The summed E-state index contributed by atoms with van der Waals surface area (Å²) in [6.45, 7) is 0.390. The second-order valence-corrected chi connectivity index (χ2v) is 4.82. The maximum Gasteiger partial charge on any atom is 0.316 e. The van der Waals surface area contributed by atoms with E-state index in [4.69, 9.17) is 17.3 Å². The third-order valence-electron chi connectivity index (χ3n) is 2.76. The fourth-order valence-electron chi connectivity index (χ4n) is 1.78. The lowest BCUT2D eigenvalue weighted by Gasteiger charge is -2.07. The Balaban J connectivity index is 1.95. The summed E-state index contributed by atoms with van der Waals surface area (Å²) in [4.78, 5) is 22.7. The summed E-state index contributed by atoms with van der Waals surface area (Å²) in [6, 6.07) is 13.1. The predicted molar refractivity (Wildman–Crippen MR) is 82.3 cm³/mol. The zero-order valence-corrected chi connectivity index (χ0v) is 11.9. The van der Waals surface area contributed by atoms with Gasteiger partial charge in [0.15, 0.2) is 0 Å². The van der Waals surface area contributed by atoms with Gasteiger partial charge in [0.2, 0.25) is 0 Å². The molecule has 2 aromatic rings. The minimum absolute atomic E-state index is 0.208. The van der Waals surface area contributed by atoms with E-state index in [1.165, 1.54) is 0 Å². The number of benzene rings is 2. The summed E-state index contributed by atoms with van der Waals surface area (Å²) in [5.41, 5.74) is 6.95. The predicted octanol–water partition coefficient (Wildman–Crippen LogP) is 2.76. The van der Waals surface area contributed by atoms with E-state index in [0.717, 1.165) is 5.56 Å². The number of urea groups is 1. The Labute approximate surface area is 127 Å². The number of hydrogen-bond acceptors (Lipinski definition) is 2. The number of carbonyl (C=O) groups excluding carboxylic acids is 2. The van der Waals surface area contributed by atoms with Crippen molar-refractivity contribution in [1.82, 2.24) is 5.32 Å². The molecule has 3 amide bonds. The summed E-state index contributed by atoms with van der Waals surface area (Å²) in [7, 11) is 0. The summed E-state index contributed by atoms with van der Waals surface area (Å²) in [6.07, 6.45) is 0. The molecule has 0 bridgehead atoms. The lowest BCUT2D eigenvalue weighted by atomic mass is 10.2. The van der Waals surface area contributed by atoms with Crippen LogP contribution in [0.3, 0.4) is 0 Å². The number of nitrogens with one attached hydrogen (secondary N) is 2. The summed E-state index contributed by atoms with van der Waals surface area (Å²) < 4.78 is 0. The van der Waals surface area contributed by atoms with Gasteiger partial charge >= 0.3 is 6.03 Å². The van der Waals surface area contributed by atoms with Crippen molar-refractivity contribution in [3.05, 3.63) is 64.7 Å². The molecule has 0 fully saturated rings. The van der Waals surface area contributed by atoms with E-state index in [9.17, 15) is 9.59 Å². The highest BCUT2D eigenvalue weighted by Crippen LogP contribution is 2.12. The highest BCUT2D eigenvalue weighted by Gasteiger charge is 2.05. The van der Waals surface area contributed by atoms with Crippen molar-refractivity contribution in [1.29, 1.82) is 0 Å². The molecule has 2 aromatic carbocycles. The average molecular weight is 304 g/mol. The van der Waals surface area contributed by atoms with Gasteiger partial charge in [0.1, 0.15) is 0 Å². The van der Waals surface area contributed by atoms with Crippen molar-refractivity contribution in [2.24, 2.45) is 5.73 Å². The fourth-order valence-corrected chi connectivity index (χ4v) is 1.99. The van der Waals surface area contributed by atoms with Crippen molar-refractivity contribution in [3.63, 3.8) is 0 Å². The third kappa shape index (κ3) is 4.50. The van der Waals surface area contributed by atoms with Crippen LogP contribution >= 0.6 is 11.6 Å². The minimum Gasteiger partial charge on any atom is -0.351 e. The van der Waals surface area contributed by atoms with Crippen LogP contribution in [0.2, 0.25) is 5.02 Å². The molecule has 0 atom stereocenters. The van der Waals surface area contributed by atoms with Crippen LogP contribution in [0.5, 0.6) is 0 Å². The molecule has 6 heteroatoms. The number of carbonyl (C=O) groups is 2.